The van der Waals surface area contributed by atoms with E-state index < -0.39 is 30.4 Å². The first-order chi connectivity index (χ1) is 14.5. The van der Waals surface area contributed by atoms with Crippen LogP contribution in [0.2, 0.25) is 5.02 Å². The SMILES string of the molecule is O=C(COC(=O)C(Cc1ccccc1)NC(=O)c1ccco1)Nc1ccc(Cl)cc1. The second-order valence-corrected chi connectivity index (χ2v) is 6.79. The second-order valence-electron chi connectivity index (χ2n) is 6.36. The third-order valence-corrected chi connectivity index (χ3v) is 4.34. The van der Waals surface area contributed by atoms with Crippen LogP contribution in [0, 0.1) is 0 Å². The molecule has 0 saturated carbocycles. The lowest BCUT2D eigenvalue weighted by Crippen LogP contribution is -2.44. The van der Waals surface area contributed by atoms with Crippen LogP contribution in [0.5, 0.6) is 0 Å². The number of hydrogen-bond donors (Lipinski definition) is 2. The molecule has 8 heteroatoms. The van der Waals surface area contributed by atoms with Crippen LogP contribution in [-0.4, -0.2) is 30.4 Å². The second kappa shape index (κ2) is 10.3. The zero-order chi connectivity index (χ0) is 21.3. The predicted molar refractivity (Wildman–Crippen MR) is 111 cm³/mol. The number of carbonyl (C=O) groups is 3. The van der Waals surface area contributed by atoms with E-state index in [2.05, 4.69) is 10.6 Å². The fraction of sp³-hybridized carbons (Fsp3) is 0.136. The highest BCUT2D eigenvalue weighted by molar-refractivity contribution is 6.30. The molecule has 0 bridgehead atoms. The van der Waals surface area contributed by atoms with Crippen molar-refractivity contribution in [2.24, 2.45) is 0 Å². The molecule has 0 aliphatic heterocycles. The Hall–Kier alpha value is -3.58. The number of furan rings is 1. The lowest BCUT2D eigenvalue weighted by Gasteiger charge is -2.17. The van der Waals surface area contributed by atoms with Crippen LogP contribution < -0.4 is 10.6 Å². The first-order valence-electron chi connectivity index (χ1n) is 9.11. The summed E-state index contributed by atoms with van der Waals surface area (Å²) in [4.78, 5) is 37.0. The number of ether oxygens (including phenoxy) is 1. The van der Waals surface area contributed by atoms with Gasteiger partial charge in [-0.05, 0) is 42.0 Å². The van der Waals surface area contributed by atoms with Gasteiger partial charge in [-0.25, -0.2) is 4.79 Å². The number of nitrogens with one attached hydrogen (secondary N) is 2. The highest BCUT2D eigenvalue weighted by Gasteiger charge is 2.25. The Bertz CT molecular complexity index is 988. The van der Waals surface area contributed by atoms with Gasteiger partial charge in [0.1, 0.15) is 6.04 Å². The van der Waals surface area contributed by atoms with E-state index in [0.717, 1.165) is 5.56 Å². The molecule has 3 aromatic rings. The Morgan fingerprint density at radius 2 is 1.70 bits per heavy atom. The highest BCUT2D eigenvalue weighted by Crippen LogP contribution is 2.13. The van der Waals surface area contributed by atoms with Crippen molar-refractivity contribution in [1.29, 1.82) is 0 Å². The highest BCUT2D eigenvalue weighted by atomic mass is 35.5. The van der Waals surface area contributed by atoms with E-state index in [1.54, 1.807) is 30.3 Å². The summed E-state index contributed by atoms with van der Waals surface area (Å²) in [7, 11) is 0. The van der Waals surface area contributed by atoms with Crippen molar-refractivity contribution in [2.75, 3.05) is 11.9 Å². The van der Waals surface area contributed by atoms with Gasteiger partial charge in [-0.1, -0.05) is 41.9 Å². The minimum atomic E-state index is -0.992. The number of carbonyl (C=O) groups excluding carboxylic acids is 3. The Balaban J connectivity index is 1.61. The first kappa shape index (κ1) is 21.1. The van der Waals surface area contributed by atoms with Gasteiger partial charge < -0.3 is 19.8 Å². The molecule has 0 radical (unpaired) electrons. The summed E-state index contributed by atoms with van der Waals surface area (Å²) in [5, 5.41) is 5.73. The fourth-order valence-electron chi connectivity index (χ4n) is 2.65. The van der Waals surface area contributed by atoms with E-state index in [1.165, 1.54) is 12.3 Å². The Labute approximate surface area is 178 Å². The topological polar surface area (TPSA) is 97.6 Å². The summed E-state index contributed by atoms with van der Waals surface area (Å²) >= 11 is 5.81. The van der Waals surface area contributed by atoms with E-state index in [4.69, 9.17) is 20.8 Å². The minimum Gasteiger partial charge on any atom is -0.459 e. The van der Waals surface area contributed by atoms with Gasteiger partial charge in [0.15, 0.2) is 12.4 Å². The summed E-state index contributed by atoms with van der Waals surface area (Å²) in [6.07, 6.45) is 1.56. The van der Waals surface area contributed by atoms with Gasteiger partial charge in [-0.15, -0.1) is 0 Å². The number of benzene rings is 2. The molecule has 1 atom stereocenters. The van der Waals surface area contributed by atoms with Gasteiger partial charge in [0.2, 0.25) is 0 Å². The smallest absolute Gasteiger partial charge is 0.329 e. The lowest BCUT2D eigenvalue weighted by molar-refractivity contribution is -0.149. The summed E-state index contributed by atoms with van der Waals surface area (Å²) in [5.41, 5.74) is 1.34. The van der Waals surface area contributed by atoms with Crippen LogP contribution in [-0.2, 0) is 20.7 Å². The van der Waals surface area contributed by atoms with Crippen molar-refractivity contribution in [3.8, 4) is 0 Å². The quantitative estimate of drug-likeness (QED) is 0.537. The molecule has 2 amide bonds. The average molecular weight is 427 g/mol. The molecule has 3 rings (SSSR count). The van der Waals surface area contributed by atoms with E-state index in [0.29, 0.717) is 10.7 Å². The third-order valence-electron chi connectivity index (χ3n) is 4.09. The van der Waals surface area contributed by atoms with Crippen molar-refractivity contribution < 1.29 is 23.5 Å². The molecule has 30 heavy (non-hydrogen) atoms. The number of amides is 2. The van der Waals surface area contributed by atoms with Crippen molar-refractivity contribution in [1.82, 2.24) is 5.32 Å². The van der Waals surface area contributed by atoms with Crippen LogP contribution in [0.25, 0.3) is 0 Å². The molecule has 0 fully saturated rings. The Morgan fingerprint density at radius 1 is 0.967 bits per heavy atom. The van der Waals surface area contributed by atoms with E-state index in [9.17, 15) is 14.4 Å². The maximum atomic E-state index is 12.6. The summed E-state index contributed by atoms with van der Waals surface area (Å²) in [6.45, 7) is -0.497. The van der Waals surface area contributed by atoms with Gasteiger partial charge in [0.05, 0.1) is 6.26 Å². The fourth-order valence-corrected chi connectivity index (χ4v) is 2.77. The number of hydrogen-bond acceptors (Lipinski definition) is 5. The normalized spacial score (nSPS) is 11.4. The van der Waals surface area contributed by atoms with Crippen LogP contribution in [0.15, 0.2) is 77.4 Å². The standard InChI is InChI=1S/C22H19ClN2O5/c23-16-8-10-17(11-9-16)24-20(26)14-30-22(28)18(13-15-5-2-1-3-6-15)25-21(27)19-7-4-12-29-19/h1-12,18H,13-14H2,(H,24,26)(H,25,27). The van der Waals surface area contributed by atoms with Gasteiger partial charge in [-0.3, -0.25) is 9.59 Å². The van der Waals surface area contributed by atoms with Gasteiger partial charge in [-0.2, -0.15) is 0 Å². The molecule has 2 aromatic carbocycles. The molecular formula is C22H19ClN2O5. The number of halogens is 1. The molecule has 0 aliphatic rings. The van der Waals surface area contributed by atoms with Crippen LogP contribution in [0.4, 0.5) is 5.69 Å². The van der Waals surface area contributed by atoms with Gasteiger partial charge >= 0.3 is 5.97 Å². The number of anilines is 1. The minimum absolute atomic E-state index is 0.0707. The lowest BCUT2D eigenvalue weighted by atomic mass is 10.1. The summed E-state index contributed by atoms with van der Waals surface area (Å²) in [5.74, 6) is -1.73. The Morgan fingerprint density at radius 3 is 2.37 bits per heavy atom. The Kier molecular flexibility index (Phi) is 7.24. The monoisotopic (exact) mass is 426 g/mol. The third kappa shape index (κ3) is 6.22. The zero-order valence-corrected chi connectivity index (χ0v) is 16.6. The molecule has 1 unspecified atom stereocenters. The zero-order valence-electron chi connectivity index (χ0n) is 15.8. The van der Waals surface area contributed by atoms with E-state index in [1.807, 2.05) is 30.3 Å². The summed E-state index contributed by atoms with van der Waals surface area (Å²) in [6, 6.07) is 17.7. The molecule has 154 valence electrons. The molecule has 0 aliphatic carbocycles. The molecule has 1 heterocycles. The van der Waals surface area contributed by atoms with E-state index >= 15 is 0 Å². The molecule has 7 nitrogen and oxygen atoms in total. The van der Waals surface area contributed by atoms with Crippen molar-refractivity contribution >= 4 is 35.1 Å². The summed E-state index contributed by atoms with van der Waals surface area (Å²) < 4.78 is 10.2. The van der Waals surface area contributed by atoms with Gasteiger partial charge in [0, 0.05) is 17.1 Å². The molecule has 0 spiro atoms. The van der Waals surface area contributed by atoms with Crippen LogP contribution in [0.1, 0.15) is 16.1 Å². The van der Waals surface area contributed by atoms with Crippen molar-refractivity contribution in [2.45, 2.75) is 12.5 Å². The van der Waals surface area contributed by atoms with Crippen LogP contribution >= 0.6 is 11.6 Å². The van der Waals surface area contributed by atoms with Crippen molar-refractivity contribution in [3.63, 3.8) is 0 Å². The molecule has 1 aromatic heterocycles. The van der Waals surface area contributed by atoms with Crippen LogP contribution in [0.3, 0.4) is 0 Å². The maximum Gasteiger partial charge on any atom is 0.329 e. The molecule has 0 saturated heterocycles. The van der Waals surface area contributed by atoms with E-state index in [-0.39, 0.29) is 12.2 Å². The van der Waals surface area contributed by atoms with Crippen molar-refractivity contribution in [3.05, 3.63) is 89.3 Å². The maximum absolute atomic E-state index is 12.6. The van der Waals surface area contributed by atoms with Gasteiger partial charge in [0.25, 0.3) is 11.8 Å². The first-order valence-corrected chi connectivity index (χ1v) is 9.49. The number of rotatable bonds is 8. The molecular weight excluding hydrogens is 408 g/mol. The molecule has 2 N–H and O–H groups in total. The average Bonchev–Trinajstić information content (AvgIpc) is 3.29. The number of esters is 1. The largest absolute Gasteiger partial charge is 0.459 e. The predicted octanol–water partition coefficient (Wildman–Crippen LogP) is 3.46.